The Kier molecular flexibility index (Phi) is 11.9. The highest BCUT2D eigenvalue weighted by molar-refractivity contribution is 7.88. The number of hydrogen-bond donors (Lipinski definition) is 3. The molecule has 0 bridgehead atoms. The first-order chi connectivity index (χ1) is 21.3. The van der Waals surface area contributed by atoms with Crippen LogP contribution in [0.1, 0.15) is 56.6 Å². The number of sulfonamides is 1. The average Bonchev–Trinajstić information content (AvgIpc) is 2.98. The molecule has 4 atom stereocenters. The van der Waals surface area contributed by atoms with Crippen molar-refractivity contribution in [3.63, 3.8) is 0 Å². The van der Waals surface area contributed by atoms with E-state index in [4.69, 9.17) is 21.1 Å². The fraction of sp³-hybridized carbons (Fsp3) is 0.562. The van der Waals surface area contributed by atoms with Gasteiger partial charge >= 0.3 is 6.09 Å². The fourth-order valence-electron chi connectivity index (χ4n) is 6.59. The maximum Gasteiger partial charge on any atom is 0.407 e. The second-order valence-electron chi connectivity index (χ2n) is 12.4. The van der Waals surface area contributed by atoms with Gasteiger partial charge in [0.1, 0.15) is 11.9 Å². The zero-order valence-corrected chi connectivity index (χ0v) is 27.8. The lowest BCUT2D eigenvalue weighted by atomic mass is 9.73. The summed E-state index contributed by atoms with van der Waals surface area (Å²) in [6.07, 6.45) is 3.03. The average molecular weight is 667 g/mol. The topological polar surface area (TPSA) is 126 Å². The molecule has 2 amide bonds. The Morgan fingerprint density at radius 3 is 2.62 bits per heavy atom. The number of amides is 2. The van der Waals surface area contributed by atoms with E-state index in [9.17, 15) is 18.0 Å². The normalized spacial score (nSPS) is 21.8. The van der Waals surface area contributed by atoms with Crippen molar-refractivity contribution in [2.24, 2.45) is 5.92 Å². The van der Waals surface area contributed by atoms with Gasteiger partial charge in [0.05, 0.1) is 19.0 Å². The second kappa shape index (κ2) is 15.2. The molecule has 2 aromatic rings. The summed E-state index contributed by atoms with van der Waals surface area (Å²) < 4.78 is 52.2. The minimum atomic E-state index is -3.37. The van der Waals surface area contributed by atoms with Crippen LogP contribution in [0.15, 0.2) is 42.5 Å². The van der Waals surface area contributed by atoms with E-state index in [1.807, 2.05) is 26.0 Å². The number of carbonyl (C=O) groups excluding carboxylic acids is 2. The molecule has 2 aliphatic heterocycles. The van der Waals surface area contributed by atoms with Crippen molar-refractivity contribution in [1.82, 2.24) is 14.9 Å². The van der Waals surface area contributed by atoms with Crippen LogP contribution >= 0.6 is 11.6 Å². The van der Waals surface area contributed by atoms with Gasteiger partial charge in [0, 0.05) is 54.5 Å². The highest BCUT2D eigenvalue weighted by atomic mass is 35.5. The van der Waals surface area contributed by atoms with Crippen LogP contribution in [-0.2, 0) is 30.7 Å². The molecule has 2 fully saturated rings. The molecule has 248 valence electrons. The Labute approximate surface area is 270 Å². The third-order valence-corrected chi connectivity index (χ3v) is 10.2. The van der Waals surface area contributed by atoms with Crippen LogP contribution in [0.25, 0.3) is 0 Å². The smallest absolute Gasteiger partial charge is 0.407 e. The zero-order chi connectivity index (χ0) is 32.8. The van der Waals surface area contributed by atoms with E-state index in [-0.39, 0.29) is 18.4 Å². The van der Waals surface area contributed by atoms with E-state index in [1.165, 1.54) is 29.8 Å². The predicted octanol–water partition coefficient (Wildman–Crippen LogP) is 4.69. The number of anilines is 1. The van der Waals surface area contributed by atoms with E-state index in [0.717, 1.165) is 5.56 Å². The van der Waals surface area contributed by atoms with E-state index in [0.29, 0.717) is 68.2 Å². The molecule has 2 heterocycles. The summed E-state index contributed by atoms with van der Waals surface area (Å²) in [6, 6.07) is 10.4. The van der Waals surface area contributed by atoms with Crippen molar-refractivity contribution in [3.05, 3.63) is 64.4 Å². The first kappa shape index (κ1) is 35.1. The van der Waals surface area contributed by atoms with Crippen molar-refractivity contribution in [2.75, 3.05) is 44.9 Å². The number of halogens is 2. The number of methoxy groups -OCH3 is 1. The van der Waals surface area contributed by atoms with Gasteiger partial charge in [-0.2, -0.15) is 4.31 Å². The molecule has 0 saturated carbocycles. The Morgan fingerprint density at radius 1 is 1.22 bits per heavy atom. The molecule has 0 aromatic heterocycles. The van der Waals surface area contributed by atoms with Crippen molar-refractivity contribution < 1.29 is 31.9 Å². The number of hydrogen-bond acceptors (Lipinski definition) is 7. The standard InChI is InChI=1S/C32H44ClFN4O6S/c1-32(2)19-22(15-18-44-32)28(21-11-13-23(33)14-12-21)29(37-31(40)43-3)30(39)36-27-10-6-9-26(34)25(27)8-5-7-24-20-35-16-17-38(24)45(4,41)42/h6,9-14,22,24,28-29,35H,5,7-8,15-20H2,1-4H3,(H,36,39)(H,37,40)/t22?,24-,28-,29-/m0/s1. The number of nitrogens with one attached hydrogen (secondary N) is 3. The van der Waals surface area contributed by atoms with E-state index >= 15 is 4.39 Å². The summed E-state index contributed by atoms with van der Waals surface area (Å²) >= 11 is 6.20. The predicted molar refractivity (Wildman–Crippen MR) is 172 cm³/mol. The number of carbonyl (C=O) groups is 2. The van der Waals surface area contributed by atoms with Crippen LogP contribution in [0.2, 0.25) is 5.02 Å². The third-order valence-electron chi connectivity index (χ3n) is 8.66. The molecule has 0 radical (unpaired) electrons. The second-order valence-corrected chi connectivity index (χ2v) is 14.8. The molecule has 10 nitrogen and oxygen atoms in total. The van der Waals surface area contributed by atoms with Crippen molar-refractivity contribution in [3.8, 4) is 0 Å². The van der Waals surface area contributed by atoms with Crippen LogP contribution in [0.5, 0.6) is 0 Å². The van der Waals surface area contributed by atoms with Gasteiger partial charge in [-0.15, -0.1) is 0 Å². The molecule has 3 N–H and O–H groups in total. The van der Waals surface area contributed by atoms with Crippen LogP contribution in [0, 0.1) is 11.7 Å². The zero-order valence-electron chi connectivity index (χ0n) is 26.3. The maximum absolute atomic E-state index is 15.2. The minimum absolute atomic E-state index is 0.0447. The molecular weight excluding hydrogens is 623 g/mol. The van der Waals surface area contributed by atoms with Gasteiger partial charge in [0.15, 0.2) is 0 Å². The van der Waals surface area contributed by atoms with Gasteiger partial charge in [-0.1, -0.05) is 29.8 Å². The summed E-state index contributed by atoms with van der Waals surface area (Å²) in [6.45, 7) is 5.98. The molecule has 0 aliphatic carbocycles. The van der Waals surface area contributed by atoms with Crippen molar-refractivity contribution in [2.45, 2.75) is 69.6 Å². The number of alkyl carbamates (subject to hydrolysis) is 1. The molecule has 45 heavy (non-hydrogen) atoms. The lowest BCUT2D eigenvalue weighted by Crippen LogP contribution is -2.53. The highest BCUT2D eigenvalue weighted by Crippen LogP contribution is 2.41. The first-order valence-electron chi connectivity index (χ1n) is 15.3. The van der Waals surface area contributed by atoms with Crippen LogP contribution < -0.4 is 16.0 Å². The van der Waals surface area contributed by atoms with Crippen molar-refractivity contribution in [1.29, 1.82) is 0 Å². The Hall–Kier alpha value is -2.77. The minimum Gasteiger partial charge on any atom is -0.453 e. The van der Waals surface area contributed by atoms with E-state index in [1.54, 1.807) is 18.2 Å². The monoisotopic (exact) mass is 666 g/mol. The van der Waals surface area contributed by atoms with E-state index < -0.39 is 45.4 Å². The van der Waals surface area contributed by atoms with Crippen LogP contribution in [-0.4, -0.2) is 82.0 Å². The highest BCUT2D eigenvalue weighted by Gasteiger charge is 2.41. The molecule has 13 heteroatoms. The summed E-state index contributed by atoms with van der Waals surface area (Å²) in [4.78, 5) is 26.8. The van der Waals surface area contributed by atoms with Crippen LogP contribution in [0.4, 0.5) is 14.9 Å². The Morgan fingerprint density at radius 2 is 1.96 bits per heavy atom. The summed E-state index contributed by atoms with van der Waals surface area (Å²) in [5.74, 6) is -1.51. The summed E-state index contributed by atoms with van der Waals surface area (Å²) in [5, 5.41) is 9.42. The van der Waals surface area contributed by atoms with Gasteiger partial charge < -0.3 is 25.4 Å². The number of nitrogens with zero attached hydrogens (tertiary/aromatic N) is 1. The SMILES string of the molecule is COC(=O)N[C@H](C(=O)Nc1cccc(F)c1CCC[C@H]1CNCCN1S(C)(=O)=O)[C@@H](c1ccc(Cl)cc1)C1CCOC(C)(C)C1. The van der Waals surface area contributed by atoms with Gasteiger partial charge in [-0.05, 0) is 81.7 Å². The molecule has 2 aliphatic rings. The van der Waals surface area contributed by atoms with Gasteiger partial charge in [-0.3, -0.25) is 4.79 Å². The summed E-state index contributed by atoms with van der Waals surface area (Å²) in [5.41, 5.74) is 0.985. The summed E-state index contributed by atoms with van der Waals surface area (Å²) in [7, 11) is -2.14. The lowest BCUT2D eigenvalue weighted by molar-refractivity contribution is -0.120. The number of benzene rings is 2. The van der Waals surface area contributed by atoms with Gasteiger partial charge in [0.25, 0.3) is 0 Å². The van der Waals surface area contributed by atoms with Gasteiger partial charge in [0.2, 0.25) is 15.9 Å². The van der Waals surface area contributed by atoms with Crippen molar-refractivity contribution >= 4 is 39.3 Å². The fourth-order valence-corrected chi connectivity index (χ4v) is 7.86. The Balaban J connectivity index is 1.60. The maximum atomic E-state index is 15.2. The molecular formula is C32H44ClFN4O6S. The van der Waals surface area contributed by atoms with Crippen LogP contribution in [0.3, 0.4) is 0 Å². The molecule has 1 unspecified atom stereocenters. The van der Waals surface area contributed by atoms with Gasteiger partial charge in [-0.25, -0.2) is 17.6 Å². The lowest BCUT2D eigenvalue weighted by Gasteiger charge is -2.41. The molecule has 4 rings (SSSR count). The first-order valence-corrected chi connectivity index (χ1v) is 17.5. The number of rotatable bonds is 11. The quantitative estimate of drug-likeness (QED) is 0.318. The third kappa shape index (κ3) is 9.38. The molecule has 0 spiro atoms. The Bertz CT molecular complexity index is 1440. The number of piperazine rings is 1. The van der Waals surface area contributed by atoms with E-state index in [2.05, 4.69) is 16.0 Å². The molecule has 2 aromatic carbocycles. The molecule has 2 saturated heterocycles. The number of ether oxygens (including phenoxy) is 2. The largest absolute Gasteiger partial charge is 0.453 e.